The van der Waals surface area contributed by atoms with Crippen LogP contribution in [0.1, 0.15) is 5.56 Å². The molecule has 2 N–H and O–H groups in total. The van der Waals surface area contributed by atoms with Gasteiger partial charge in [-0.15, -0.1) is 0 Å². The van der Waals surface area contributed by atoms with E-state index in [0.29, 0.717) is 0 Å². The zero-order valence-corrected chi connectivity index (χ0v) is 12.5. The lowest BCUT2D eigenvalue weighted by Gasteiger charge is -2.36. The van der Waals surface area contributed by atoms with Crippen LogP contribution in [0.5, 0.6) is 0 Å². The highest BCUT2D eigenvalue weighted by Gasteiger charge is 2.26. The summed E-state index contributed by atoms with van der Waals surface area (Å²) in [5.74, 6) is 0. The van der Waals surface area contributed by atoms with Crippen molar-refractivity contribution in [1.29, 1.82) is 0 Å². The van der Waals surface area contributed by atoms with Crippen molar-refractivity contribution in [1.82, 2.24) is 10.2 Å². The molecular weight excluding hydrogens is 274 g/mol. The highest BCUT2D eigenvalue weighted by Crippen LogP contribution is 2.14. The summed E-state index contributed by atoms with van der Waals surface area (Å²) in [6.45, 7) is 2.40. The normalized spacial score (nSPS) is 18.0. The van der Waals surface area contributed by atoms with Crippen molar-refractivity contribution in [2.45, 2.75) is 12.5 Å². The van der Waals surface area contributed by atoms with Gasteiger partial charge in [0.2, 0.25) is 0 Å². The molecule has 0 radical (unpaired) electrons. The van der Waals surface area contributed by atoms with Crippen molar-refractivity contribution >= 4 is 11.7 Å². The van der Waals surface area contributed by atoms with Crippen LogP contribution in [0.4, 0.5) is 10.5 Å². The highest BCUT2D eigenvalue weighted by molar-refractivity contribution is 5.89. The first kappa shape index (κ1) is 14.6. The Balaban J connectivity index is 1.68. The maximum atomic E-state index is 12.6. The fraction of sp³-hybridized carbons (Fsp3) is 0.278. The Morgan fingerprint density at radius 3 is 2.50 bits per heavy atom. The second-order valence-corrected chi connectivity index (χ2v) is 5.54. The number of para-hydroxylation sites is 1. The van der Waals surface area contributed by atoms with Crippen molar-refractivity contribution in [2.75, 3.05) is 25.0 Å². The molecule has 4 heteroatoms. The number of urea groups is 1. The predicted molar refractivity (Wildman–Crippen MR) is 89.0 cm³/mol. The van der Waals surface area contributed by atoms with Crippen LogP contribution in [0.2, 0.25) is 0 Å². The number of carbonyl (C=O) groups is 1. The fourth-order valence-corrected chi connectivity index (χ4v) is 2.81. The molecule has 1 unspecified atom stereocenters. The van der Waals surface area contributed by atoms with Crippen molar-refractivity contribution in [2.24, 2.45) is 0 Å². The Morgan fingerprint density at radius 1 is 1.09 bits per heavy atom. The molecule has 0 aromatic heterocycles. The lowest BCUT2D eigenvalue weighted by Crippen LogP contribution is -2.55. The summed E-state index contributed by atoms with van der Waals surface area (Å²) in [4.78, 5) is 14.5. The molecule has 22 heavy (non-hydrogen) atoms. The van der Waals surface area contributed by atoms with Crippen molar-refractivity contribution in [3.05, 3.63) is 66.2 Å². The molecule has 0 aliphatic carbocycles. The molecule has 4 nitrogen and oxygen atoms in total. The van der Waals surface area contributed by atoms with Gasteiger partial charge < -0.3 is 15.5 Å². The van der Waals surface area contributed by atoms with Crippen LogP contribution in [0, 0.1) is 0 Å². The third kappa shape index (κ3) is 3.65. The molecule has 0 spiro atoms. The largest absolute Gasteiger partial charge is 0.322 e. The van der Waals surface area contributed by atoms with Gasteiger partial charge >= 0.3 is 6.03 Å². The number of piperazine rings is 1. The minimum Gasteiger partial charge on any atom is -0.319 e. The molecular formula is C18H21N3O. The standard InChI is InChI=1S/C18H21N3O/c22-18(20-16-9-5-2-6-10-16)21-12-11-19-14-17(21)13-15-7-3-1-4-8-15/h1-10,17,19H,11-14H2,(H,20,22). The minimum absolute atomic E-state index is 0.0198. The van der Waals surface area contributed by atoms with E-state index in [4.69, 9.17) is 0 Å². The molecule has 1 atom stereocenters. The van der Waals surface area contributed by atoms with E-state index < -0.39 is 0 Å². The number of nitrogens with zero attached hydrogens (tertiary/aromatic N) is 1. The molecule has 114 valence electrons. The Kier molecular flexibility index (Phi) is 4.71. The second kappa shape index (κ2) is 7.09. The van der Waals surface area contributed by atoms with Crippen LogP contribution in [-0.2, 0) is 6.42 Å². The average Bonchev–Trinajstić information content (AvgIpc) is 2.57. The topological polar surface area (TPSA) is 44.4 Å². The number of benzene rings is 2. The van der Waals surface area contributed by atoms with E-state index >= 15 is 0 Å². The molecule has 0 saturated carbocycles. The quantitative estimate of drug-likeness (QED) is 0.914. The van der Waals surface area contributed by atoms with E-state index in [-0.39, 0.29) is 12.1 Å². The number of rotatable bonds is 3. The van der Waals surface area contributed by atoms with Crippen LogP contribution in [-0.4, -0.2) is 36.6 Å². The zero-order valence-electron chi connectivity index (χ0n) is 12.5. The van der Waals surface area contributed by atoms with Crippen LogP contribution in [0.3, 0.4) is 0 Å². The lowest BCUT2D eigenvalue weighted by atomic mass is 10.0. The molecule has 0 bridgehead atoms. The molecule has 1 aliphatic rings. The first-order valence-corrected chi connectivity index (χ1v) is 7.70. The van der Waals surface area contributed by atoms with Gasteiger partial charge in [-0.3, -0.25) is 0 Å². The van der Waals surface area contributed by atoms with Crippen LogP contribution < -0.4 is 10.6 Å². The molecule has 1 saturated heterocycles. The van der Waals surface area contributed by atoms with Gasteiger partial charge in [0.25, 0.3) is 0 Å². The molecule has 2 aromatic carbocycles. The van der Waals surface area contributed by atoms with Crippen molar-refractivity contribution in [3.63, 3.8) is 0 Å². The van der Waals surface area contributed by atoms with Crippen LogP contribution in [0.15, 0.2) is 60.7 Å². The summed E-state index contributed by atoms with van der Waals surface area (Å²) < 4.78 is 0. The summed E-state index contributed by atoms with van der Waals surface area (Å²) in [6.07, 6.45) is 0.871. The van der Waals surface area contributed by atoms with Crippen LogP contribution >= 0.6 is 0 Å². The Labute approximate surface area is 131 Å². The van der Waals surface area contributed by atoms with E-state index in [1.54, 1.807) is 0 Å². The molecule has 1 aliphatic heterocycles. The third-order valence-electron chi connectivity index (χ3n) is 3.95. The first-order chi connectivity index (χ1) is 10.8. The van der Waals surface area contributed by atoms with Gasteiger partial charge in [-0.05, 0) is 24.1 Å². The van der Waals surface area contributed by atoms with Gasteiger partial charge in [-0.2, -0.15) is 0 Å². The lowest BCUT2D eigenvalue weighted by molar-refractivity contribution is 0.170. The van der Waals surface area contributed by atoms with Gasteiger partial charge in [0, 0.05) is 31.4 Å². The second-order valence-electron chi connectivity index (χ2n) is 5.54. The maximum absolute atomic E-state index is 12.6. The SMILES string of the molecule is O=C(Nc1ccccc1)N1CCNCC1Cc1ccccc1. The molecule has 1 heterocycles. The Hall–Kier alpha value is -2.33. The van der Waals surface area contributed by atoms with E-state index in [2.05, 4.69) is 22.8 Å². The average molecular weight is 295 g/mol. The number of carbonyl (C=O) groups excluding carboxylic acids is 1. The number of amides is 2. The molecule has 3 rings (SSSR count). The van der Waals surface area contributed by atoms with Crippen LogP contribution in [0.25, 0.3) is 0 Å². The number of hydrogen-bond donors (Lipinski definition) is 2. The van der Waals surface area contributed by atoms with Gasteiger partial charge in [0.05, 0.1) is 0 Å². The monoisotopic (exact) mass is 295 g/mol. The molecule has 2 amide bonds. The summed E-state index contributed by atoms with van der Waals surface area (Å²) in [7, 11) is 0. The van der Waals surface area contributed by atoms with Gasteiger partial charge in [-0.25, -0.2) is 4.79 Å². The Bertz CT molecular complexity index is 600. The van der Waals surface area contributed by atoms with E-state index in [1.807, 2.05) is 53.4 Å². The zero-order chi connectivity index (χ0) is 15.2. The summed E-state index contributed by atoms with van der Waals surface area (Å²) >= 11 is 0. The highest BCUT2D eigenvalue weighted by atomic mass is 16.2. The first-order valence-electron chi connectivity index (χ1n) is 7.70. The minimum atomic E-state index is -0.0198. The number of anilines is 1. The predicted octanol–water partition coefficient (Wildman–Crippen LogP) is 2.74. The Morgan fingerprint density at radius 2 is 1.77 bits per heavy atom. The summed E-state index contributed by atoms with van der Waals surface area (Å²) in [5, 5.41) is 6.37. The van der Waals surface area contributed by atoms with Crippen molar-refractivity contribution < 1.29 is 4.79 Å². The van der Waals surface area contributed by atoms with Gasteiger partial charge in [0.15, 0.2) is 0 Å². The smallest absolute Gasteiger partial charge is 0.319 e. The number of nitrogens with one attached hydrogen (secondary N) is 2. The summed E-state index contributed by atoms with van der Waals surface area (Å²) in [5.41, 5.74) is 2.10. The molecule has 1 fully saturated rings. The van der Waals surface area contributed by atoms with Crippen molar-refractivity contribution in [3.8, 4) is 0 Å². The van der Waals surface area contributed by atoms with E-state index in [1.165, 1.54) is 5.56 Å². The third-order valence-corrected chi connectivity index (χ3v) is 3.95. The summed E-state index contributed by atoms with van der Waals surface area (Å²) in [6, 6.07) is 20.1. The van der Waals surface area contributed by atoms with E-state index in [9.17, 15) is 4.79 Å². The van der Waals surface area contributed by atoms with E-state index in [0.717, 1.165) is 31.7 Å². The van der Waals surface area contributed by atoms with Gasteiger partial charge in [-0.1, -0.05) is 48.5 Å². The molecule has 2 aromatic rings. The fourth-order valence-electron chi connectivity index (χ4n) is 2.81. The number of hydrogen-bond acceptors (Lipinski definition) is 2. The maximum Gasteiger partial charge on any atom is 0.322 e. The van der Waals surface area contributed by atoms with Gasteiger partial charge in [0.1, 0.15) is 0 Å².